The molecule has 0 aliphatic heterocycles. The van der Waals surface area contributed by atoms with Crippen LogP contribution in [0.5, 0.6) is 0 Å². The number of hydrogen-bond acceptors (Lipinski definition) is 3. The van der Waals surface area contributed by atoms with Crippen LogP contribution in [0.4, 0.5) is 0 Å². The molecule has 0 fully saturated rings. The summed E-state index contributed by atoms with van der Waals surface area (Å²) in [6.45, 7) is 12.2. The van der Waals surface area contributed by atoms with Crippen LogP contribution in [0.15, 0.2) is 30.3 Å². The molecule has 1 rings (SSSR count). The second-order valence-corrected chi connectivity index (χ2v) is 11.3. The summed E-state index contributed by atoms with van der Waals surface area (Å²) < 4.78 is 19.7. The molecule has 0 aliphatic rings. The molecule has 0 aliphatic carbocycles. The van der Waals surface area contributed by atoms with Crippen molar-refractivity contribution in [3.05, 3.63) is 30.3 Å². The van der Waals surface area contributed by atoms with E-state index in [1.807, 2.05) is 59.7 Å². The zero-order valence-electron chi connectivity index (χ0n) is 12.8. The van der Waals surface area contributed by atoms with E-state index in [-0.39, 0.29) is 18.3 Å². The number of hydrogen-bond donors (Lipinski definition) is 0. The van der Waals surface area contributed by atoms with Crippen molar-refractivity contribution in [1.29, 1.82) is 0 Å². The van der Waals surface area contributed by atoms with Crippen LogP contribution in [0.1, 0.15) is 41.5 Å². The Morgan fingerprint density at radius 3 is 1.37 bits per heavy atom. The summed E-state index contributed by atoms with van der Waals surface area (Å²) in [5.41, 5.74) is 0. The summed E-state index contributed by atoms with van der Waals surface area (Å²) in [7, 11) is 0. The molecule has 0 amide bonds. The summed E-state index contributed by atoms with van der Waals surface area (Å²) in [6, 6.07) is 10.1. The third-order valence-electron chi connectivity index (χ3n) is 2.30. The van der Waals surface area contributed by atoms with Crippen LogP contribution in [0, 0.1) is 0 Å². The van der Waals surface area contributed by atoms with Crippen molar-refractivity contribution in [2.45, 2.75) is 59.9 Å². The van der Waals surface area contributed by atoms with Crippen LogP contribution < -0.4 is 3.27 Å². The van der Waals surface area contributed by atoms with Crippen LogP contribution in [0.3, 0.4) is 0 Å². The van der Waals surface area contributed by atoms with Gasteiger partial charge in [-0.3, -0.25) is 0 Å². The van der Waals surface area contributed by atoms with Gasteiger partial charge >= 0.3 is 123 Å². The first kappa shape index (κ1) is 17.0. The molecule has 108 valence electrons. The Labute approximate surface area is 123 Å². The van der Waals surface area contributed by atoms with Crippen molar-refractivity contribution < 1.29 is 30.0 Å². The van der Waals surface area contributed by atoms with Gasteiger partial charge in [0.2, 0.25) is 0 Å². The molecule has 0 radical (unpaired) electrons. The number of rotatable bonds is 7. The van der Waals surface area contributed by atoms with Crippen LogP contribution >= 0.6 is 0 Å². The zero-order chi connectivity index (χ0) is 14.5. The van der Waals surface area contributed by atoms with Gasteiger partial charge in [0.05, 0.1) is 0 Å². The molecule has 0 bridgehead atoms. The quantitative estimate of drug-likeness (QED) is 0.757. The van der Waals surface area contributed by atoms with Crippen molar-refractivity contribution in [2.24, 2.45) is 0 Å². The summed E-state index contributed by atoms with van der Waals surface area (Å²) in [5, 5.41) is 0. The zero-order valence-corrected chi connectivity index (χ0v) is 15.3. The van der Waals surface area contributed by atoms with Gasteiger partial charge in [0.15, 0.2) is 0 Å². The second kappa shape index (κ2) is 7.68. The van der Waals surface area contributed by atoms with E-state index in [9.17, 15) is 0 Å². The molecule has 0 N–H and O–H groups in total. The fraction of sp³-hybridized carbons (Fsp3) is 0.600. The van der Waals surface area contributed by atoms with Gasteiger partial charge in [0.1, 0.15) is 0 Å². The van der Waals surface area contributed by atoms with Gasteiger partial charge in [-0.15, -0.1) is 0 Å². The Morgan fingerprint density at radius 2 is 1.05 bits per heavy atom. The monoisotopic (exact) mass is 344 g/mol. The molecule has 0 saturated carbocycles. The third-order valence-corrected chi connectivity index (χ3v) is 10.6. The minimum absolute atomic E-state index is 0.0912. The Hall–Kier alpha value is -0.0169. The van der Waals surface area contributed by atoms with Crippen molar-refractivity contribution in [2.75, 3.05) is 0 Å². The van der Waals surface area contributed by atoms with Crippen LogP contribution in [0.25, 0.3) is 0 Å². The molecule has 4 heteroatoms. The Balaban J connectivity index is 3.16. The first-order chi connectivity index (χ1) is 8.85. The fourth-order valence-electron chi connectivity index (χ4n) is 1.86. The average Bonchev–Trinajstić information content (AvgIpc) is 2.27. The first-order valence-electron chi connectivity index (χ1n) is 6.94. The molecule has 0 spiro atoms. The molecule has 19 heavy (non-hydrogen) atoms. The Morgan fingerprint density at radius 1 is 0.684 bits per heavy atom. The molecular formula is C15H26O3Zr. The van der Waals surface area contributed by atoms with Gasteiger partial charge in [0.25, 0.3) is 0 Å². The third kappa shape index (κ3) is 5.47. The summed E-state index contributed by atoms with van der Waals surface area (Å²) >= 11 is -3.74. The van der Waals surface area contributed by atoms with Gasteiger partial charge in [-0.1, -0.05) is 0 Å². The van der Waals surface area contributed by atoms with Crippen LogP contribution in [0.2, 0.25) is 0 Å². The second-order valence-electron chi connectivity index (χ2n) is 5.42. The topological polar surface area (TPSA) is 27.7 Å². The predicted molar refractivity (Wildman–Crippen MR) is 74.7 cm³/mol. The van der Waals surface area contributed by atoms with Gasteiger partial charge in [0, 0.05) is 0 Å². The maximum atomic E-state index is 6.21. The average molecular weight is 346 g/mol. The molecule has 0 saturated heterocycles. The van der Waals surface area contributed by atoms with E-state index in [4.69, 9.17) is 8.44 Å². The summed E-state index contributed by atoms with van der Waals surface area (Å²) in [5.74, 6) is 0. The SMILES string of the molecule is CC(C)[O][Zr]([O]C(C)C)([O]C(C)C)[c]1ccccc1. The van der Waals surface area contributed by atoms with E-state index in [1.165, 1.54) is 0 Å². The van der Waals surface area contributed by atoms with Crippen LogP contribution in [-0.4, -0.2) is 18.3 Å². The van der Waals surface area contributed by atoms with Gasteiger partial charge in [-0.05, 0) is 0 Å². The minimum atomic E-state index is -3.74. The maximum absolute atomic E-state index is 6.21. The molecule has 0 atom stereocenters. The molecule has 0 aromatic heterocycles. The summed E-state index contributed by atoms with van der Waals surface area (Å²) in [6.07, 6.45) is 0.274. The van der Waals surface area contributed by atoms with Crippen molar-refractivity contribution in [3.63, 3.8) is 0 Å². The summed E-state index contributed by atoms with van der Waals surface area (Å²) in [4.78, 5) is 0. The molecule has 0 unspecified atom stereocenters. The van der Waals surface area contributed by atoms with Crippen molar-refractivity contribution >= 4 is 3.27 Å². The van der Waals surface area contributed by atoms with E-state index in [0.29, 0.717) is 0 Å². The fourth-order valence-corrected chi connectivity index (χ4v) is 9.33. The normalized spacial score (nSPS) is 12.7. The van der Waals surface area contributed by atoms with Gasteiger partial charge < -0.3 is 0 Å². The van der Waals surface area contributed by atoms with E-state index < -0.39 is 21.6 Å². The van der Waals surface area contributed by atoms with E-state index >= 15 is 0 Å². The van der Waals surface area contributed by atoms with Gasteiger partial charge in [-0.25, -0.2) is 0 Å². The molecule has 1 aromatic carbocycles. The standard InChI is InChI=1S/C6H5.3C3H7O.Zr/c1-2-4-6-5-3-1;3*1-3(2)4;/h1-5H;3*3H,1-2H3;/q;3*-1;+3. The molecule has 0 heterocycles. The predicted octanol–water partition coefficient (Wildman–Crippen LogP) is 3.49. The van der Waals surface area contributed by atoms with E-state index in [2.05, 4.69) is 12.1 Å². The molecule has 3 nitrogen and oxygen atoms in total. The molecular weight excluding hydrogens is 319 g/mol. The first-order valence-corrected chi connectivity index (χ1v) is 11.2. The van der Waals surface area contributed by atoms with E-state index in [1.54, 1.807) is 0 Å². The van der Waals surface area contributed by atoms with Crippen molar-refractivity contribution in [3.8, 4) is 0 Å². The van der Waals surface area contributed by atoms with Crippen LogP contribution in [-0.2, 0) is 30.0 Å². The van der Waals surface area contributed by atoms with Gasteiger partial charge in [-0.2, -0.15) is 0 Å². The van der Waals surface area contributed by atoms with E-state index in [0.717, 1.165) is 3.27 Å². The molecule has 1 aromatic rings. The van der Waals surface area contributed by atoms with Crippen molar-refractivity contribution in [1.82, 2.24) is 0 Å². The number of benzene rings is 1. The Kier molecular flexibility index (Phi) is 6.89. The Bertz CT molecular complexity index is 336.